The van der Waals surface area contributed by atoms with Crippen molar-refractivity contribution in [3.05, 3.63) is 35.9 Å². The molecule has 1 fully saturated rings. The summed E-state index contributed by atoms with van der Waals surface area (Å²) in [6, 6.07) is 6.77. The Kier molecular flexibility index (Phi) is 5.38. The zero-order chi connectivity index (χ0) is 17.0. The van der Waals surface area contributed by atoms with Crippen molar-refractivity contribution in [2.75, 3.05) is 6.54 Å². The molecule has 1 saturated heterocycles. The molecule has 8 heteroatoms. The lowest BCUT2D eigenvalue weighted by atomic mass is 10.2. The van der Waals surface area contributed by atoms with Gasteiger partial charge >= 0.3 is 5.97 Å². The predicted octanol–water partition coefficient (Wildman–Crippen LogP) is 0.570. The van der Waals surface area contributed by atoms with E-state index in [2.05, 4.69) is 4.72 Å². The number of amides is 1. The first-order chi connectivity index (χ1) is 10.8. The lowest BCUT2D eigenvalue weighted by Crippen LogP contribution is -2.50. The minimum Gasteiger partial charge on any atom is -0.480 e. The van der Waals surface area contributed by atoms with Crippen LogP contribution in [0.1, 0.15) is 25.3 Å². The van der Waals surface area contributed by atoms with Crippen LogP contribution in [0.25, 0.3) is 0 Å². The summed E-state index contributed by atoms with van der Waals surface area (Å²) in [7, 11) is -3.69. The Labute approximate surface area is 135 Å². The van der Waals surface area contributed by atoms with E-state index < -0.39 is 34.0 Å². The number of nitrogens with zero attached hydrogens (tertiary/aromatic N) is 1. The van der Waals surface area contributed by atoms with Crippen LogP contribution >= 0.6 is 0 Å². The van der Waals surface area contributed by atoms with Gasteiger partial charge in [0.25, 0.3) is 0 Å². The summed E-state index contributed by atoms with van der Waals surface area (Å²) >= 11 is 0. The Bertz CT molecular complexity index is 674. The molecule has 0 bridgehead atoms. The van der Waals surface area contributed by atoms with Gasteiger partial charge in [-0.15, -0.1) is 0 Å². The first-order valence-electron chi connectivity index (χ1n) is 7.37. The largest absolute Gasteiger partial charge is 0.480 e. The lowest BCUT2D eigenvalue weighted by molar-refractivity contribution is -0.148. The number of hydrogen-bond acceptors (Lipinski definition) is 4. The fourth-order valence-corrected chi connectivity index (χ4v) is 4.05. The summed E-state index contributed by atoms with van der Waals surface area (Å²) in [6.45, 7) is 1.77. The lowest BCUT2D eigenvalue weighted by Gasteiger charge is -2.25. The quantitative estimate of drug-likeness (QED) is 0.788. The fraction of sp³-hybridized carbons (Fsp3) is 0.467. The normalized spacial score (nSPS) is 19.5. The van der Waals surface area contributed by atoms with Crippen molar-refractivity contribution in [2.24, 2.45) is 0 Å². The molecule has 0 spiro atoms. The molecule has 126 valence electrons. The second kappa shape index (κ2) is 7.10. The zero-order valence-corrected chi connectivity index (χ0v) is 13.6. The monoisotopic (exact) mass is 340 g/mol. The van der Waals surface area contributed by atoms with E-state index in [1.807, 2.05) is 0 Å². The van der Waals surface area contributed by atoms with Gasteiger partial charge in [-0.1, -0.05) is 30.3 Å². The third kappa shape index (κ3) is 4.52. The van der Waals surface area contributed by atoms with Gasteiger partial charge in [0, 0.05) is 6.54 Å². The van der Waals surface area contributed by atoms with E-state index >= 15 is 0 Å². The molecule has 1 heterocycles. The highest BCUT2D eigenvalue weighted by Crippen LogP contribution is 2.18. The smallest absolute Gasteiger partial charge is 0.326 e. The van der Waals surface area contributed by atoms with Gasteiger partial charge in [0.15, 0.2) is 0 Å². The maximum Gasteiger partial charge on any atom is 0.326 e. The van der Waals surface area contributed by atoms with Gasteiger partial charge in [-0.3, -0.25) is 4.79 Å². The number of carbonyl (C=O) groups is 2. The molecule has 1 aliphatic rings. The molecule has 0 aliphatic carbocycles. The molecular weight excluding hydrogens is 320 g/mol. The zero-order valence-electron chi connectivity index (χ0n) is 12.8. The molecule has 7 nitrogen and oxygen atoms in total. The van der Waals surface area contributed by atoms with Crippen molar-refractivity contribution in [2.45, 2.75) is 37.6 Å². The van der Waals surface area contributed by atoms with Crippen LogP contribution in [-0.4, -0.2) is 48.9 Å². The minimum absolute atomic E-state index is 0.228. The van der Waals surface area contributed by atoms with Crippen LogP contribution in [0.2, 0.25) is 0 Å². The number of nitrogens with one attached hydrogen (secondary N) is 1. The van der Waals surface area contributed by atoms with E-state index in [4.69, 9.17) is 5.11 Å². The molecule has 2 atom stereocenters. The average molecular weight is 340 g/mol. The van der Waals surface area contributed by atoms with Gasteiger partial charge < -0.3 is 10.0 Å². The van der Waals surface area contributed by atoms with Crippen molar-refractivity contribution < 1.29 is 23.1 Å². The van der Waals surface area contributed by atoms with Crippen molar-refractivity contribution in [3.63, 3.8) is 0 Å². The number of carboxylic acids is 1. The van der Waals surface area contributed by atoms with Crippen LogP contribution in [0.5, 0.6) is 0 Å². The van der Waals surface area contributed by atoms with Crippen LogP contribution in [0.4, 0.5) is 0 Å². The Morgan fingerprint density at radius 2 is 2.00 bits per heavy atom. The van der Waals surface area contributed by atoms with Crippen LogP contribution in [0.15, 0.2) is 30.3 Å². The SMILES string of the molecule is C[C@H](NS(=O)(=O)Cc1ccccc1)C(=O)N1CCC[C@H]1C(=O)O. The Hall–Kier alpha value is -1.93. The molecular formula is C15H20N2O5S. The highest BCUT2D eigenvalue weighted by atomic mass is 32.2. The molecule has 23 heavy (non-hydrogen) atoms. The first-order valence-corrected chi connectivity index (χ1v) is 9.02. The molecule has 2 N–H and O–H groups in total. The average Bonchev–Trinajstić information content (AvgIpc) is 2.95. The summed E-state index contributed by atoms with van der Waals surface area (Å²) in [5.74, 6) is -1.80. The van der Waals surface area contributed by atoms with Crippen molar-refractivity contribution in [1.29, 1.82) is 0 Å². The Morgan fingerprint density at radius 3 is 2.61 bits per heavy atom. The van der Waals surface area contributed by atoms with Gasteiger partial charge in [0.05, 0.1) is 11.8 Å². The van der Waals surface area contributed by atoms with Crippen molar-refractivity contribution >= 4 is 21.9 Å². The molecule has 0 unspecified atom stereocenters. The Balaban J connectivity index is 2.01. The topological polar surface area (TPSA) is 104 Å². The van der Waals surface area contributed by atoms with E-state index in [1.165, 1.54) is 11.8 Å². The number of rotatable bonds is 6. The molecule has 2 rings (SSSR count). The number of likely N-dealkylation sites (tertiary alicyclic amines) is 1. The number of hydrogen-bond donors (Lipinski definition) is 2. The molecule has 1 aliphatic heterocycles. The summed E-state index contributed by atoms with van der Waals surface area (Å²) < 4.78 is 26.6. The molecule has 1 amide bonds. The molecule has 0 radical (unpaired) electrons. The van der Waals surface area contributed by atoms with Gasteiger partial charge in [-0.05, 0) is 25.3 Å². The number of benzene rings is 1. The van der Waals surface area contributed by atoms with E-state index in [9.17, 15) is 18.0 Å². The first kappa shape index (κ1) is 17.4. The minimum atomic E-state index is -3.69. The number of carboxylic acid groups (broad SMARTS) is 1. The van der Waals surface area contributed by atoms with Crippen LogP contribution < -0.4 is 4.72 Å². The second-order valence-electron chi connectivity index (χ2n) is 5.61. The van der Waals surface area contributed by atoms with Crippen molar-refractivity contribution in [3.8, 4) is 0 Å². The standard InChI is InChI=1S/C15H20N2O5S/c1-11(14(18)17-9-5-8-13(17)15(19)20)16-23(21,22)10-12-6-3-2-4-7-12/h2-4,6-7,11,13,16H,5,8-10H2,1H3,(H,19,20)/t11-,13-/m0/s1. The van der Waals surface area contributed by atoms with E-state index in [-0.39, 0.29) is 5.75 Å². The van der Waals surface area contributed by atoms with E-state index in [0.717, 1.165) is 0 Å². The van der Waals surface area contributed by atoms with Gasteiger partial charge in [-0.2, -0.15) is 0 Å². The second-order valence-corrected chi connectivity index (χ2v) is 7.37. The fourth-order valence-electron chi connectivity index (χ4n) is 2.69. The van der Waals surface area contributed by atoms with E-state index in [1.54, 1.807) is 30.3 Å². The van der Waals surface area contributed by atoms with Gasteiger partial charge in [-0.25, -0.2) is 17.9 Å². The molecule has 0 aromatic heterocycles. The summed E-state index contributed by atoms with van der Waals surface area (Å²) in [5.41, 5.74) is 0.615. The summed E-state index contributed by atoms with van der Waals surface area (Å²) in [5, 5.41) is 9.11. The summed E-state index contributed by atoms with van der Waals surface area (Å²) in [4.78, 5) is 24.7. The number of sulfonamides is 1. The van der Waals surface area contributed by atoms with Crippen LogP contribution in [0.3, 0.4) is 0 Å². The third-order valence-corrected chi connectivity index (χ3v) is 5.17. The Morgan fingerprint density at radius 1 is 1.35 bits per heavy atom. The molecule has 0 saturated carbocycles. The predicted molar refractivity (Wildman–Crippen MR) is 84.0 cm³/mol. The molecule has 1 aromatic carbocycles. The van der Waals surface area contributed by atoms with Crippen molar-refractivity contribution in [1.82, 2.24) is 9.62 Å². The maximum absolute atomic E-state index is 12.3. The van der Waals surface area contributed by atoms with E-state index in [0.29, 0.717) is 24.9 Å². The summed E-state index contributed by atoms with van der Waals surface area (Å²) in [6.07, 6.45) is 0.997. The maximum atomic E-state index is 12.3. The van der Waals surface area contributed by atoms with Gasteiger partial charge in [0.2, 0.25) is 15.9 Å². The highest BCUT2D eigenvalue weighted by Gasteiger charge is 2.36. The van der Waals surface area contributed by atoms with Gasteiger partial charge in [0.1, 0.15) is 6.04 Å². The number of aliphatic carboxylic acids is 1. The number of carbonyl (C=O) groups excluding carboxylic acids is 1. The highest BCUT2D eigenvalue weighted by molar-refractivity contribution is 7.88. The third-order valence-electron chi connectivity index (χ3n) is 3.75. The van der Waals surface area contributed by atoms with Crippen LogP contribution in [0, 0.1) is 0 Å². The molecule has 1 aromatic rings. The van der Waals surface area contributed by atoms with Crippen LogP contribution in [-0.2, 0) is 25.4 Å².